The van der Waals surface area contributed by atoms with E-state index in [0.717, 1.165) is 49.3 Å². The summed E-state index contributed by atoms with van der Waals surface area (Å²) < 4.78 is 1.01. The highest BCUT2D eigenvalue weighted by Crippen LogP contribution is 2.39. The summed E-state index contributed by atoms with van der Waals surface area (Å²) in [6.07, 6.45) is 2.92. The van der Waals surface area contributed by atoms with Gasteiger partial charge in [-0.15, -0.1) is 0 Å². The average Bonchev–Trinajstić information content (AvgIpc) is 3.19. The van der Waals surface area contributed by atoms with Crippen molar-refractivity contribution < 1.29 is 4.79 Å². The maximum absolute atomic E-state index is 12.2. The summed E-state index contributed by atoms with van der Waals surface area (Å²) in [7, 11) is 0. The van der Waals surface area contributed by atoms with E-state index >= 15 is 0 Å². The van der Waals surface area contributed by atoms with Gasteiger partial charge in [0.15, 0.2) is 0 Å². The number of nitrogens with zero attached hydrogens (tertiary/aromatic N) is 3. The van der Waals surface area contributed by atoms with Crippen LogP contribution in [0.3, 0.4) is 0 Å². The lowest BCUT2D eigenvalue weighted by atomic mass is 10.2. The number of halogens is 1. The molecule has 0 N–H and O–H groups in total. The molecule has 3 rings (SSSR count). The largest absolute Gasteiger partial charge is 0.340 e. The first-order valence-corrected chi connectivity index (χ1v) is 8.04. The zero-order valence-corrected chi connectivity index (χ0v) is 13.3. The fourth-order valence-corrected chi connectivity index (χ4v) is 2.99. The van der Waals surface area contributed by atoms with E-state index in [1.54, 1.807) is 0 Å². The standard InChI is InChI=1S/C15H20BrN3O/c1-11-8-14(11)15(20)19-6-4-18(5-7-19)10-13-3-2-12(16)9-17-13/h2-3,9,11,14H,4-8,10H2,1H3. The summed E-state index contributed by atoms with van der Waals surface area (Å²) >= 11 is 3.40. The second kappa shape index (κ2) is 5.82. The van der Waals surface area contributed by atoms with E-state index in [9.17, 15) is 4.79 Å². The lowest BCUT2D eigenvalue weighted by Gasteiger charge is -2.34. The van der Waals surface area contributed by atoms with E-state index in [0.29, 0.717) is 17.7 Å². The molecule has 20 heavy (non-hydrogen) atoms. The van der Waals surface area contributed by atoms with E-state index in [2.05, 4.69) is 32.7 Å². The third-order valence-electron chi connectivity index (χ3n) is 4.28. The quantitative estimate of drug-likeness (QED) is 0.847. The topological polar surface area (TPSA) is 36.4 Å². The minimum atomic E-state index is 0.315. The van der Waals surface area contributed by atoms with Gasteiger partial charge in [-0.2, -0.15) is 0 Å². The number of hydrogen-bond donors (Lipinski definition) is 0. The number of piperazine rings is 1. The van der Waals surface area contributed by atoms with Crippen molar-refractivity contribution in [3.05, 3.63) is 28.5 Å². The van der Waals surface area contributed by atoms with Crippen LogP contribution in [0.1, 0.15) is 19.0 Å². The monoisotopic (exact) mass is 337 g/mol. The van der Waals surface area contributed by atoms with Crippen molar-refractivity contribution in [3.8, 4) is 0 Å². The fraction of sp³-hybridized carbons (Fsp3) is 0.600. The summed E-state index contributed by atoms with van der Waals surface area (Å²) in [5.74, 6) is 1.29. The Morgan fingerprint density at radius 3 is 2.60 bits per heavy atom. The molecular weight excluding hydrogens is 318 g/mol. The molecule has 0 aromatic carbocycles. The van der Waals surface area contributed by atoms with Crippen molar-refractivity contribution in [1.82, 2.24) is 14.8 Å². The number of carbonyl (C=O) groups is 1. The number of hydrogen-bond acceptors (Lipinski definition) is 3. The van der Waals surface area contributed by atoms with Crippen LogP contribution >= 0.6 is 15.9 Å². The predicted molar refractivity (Wildman–Crippen MR) is 81.1 cm³/mol. The van der Waals surface area contributed by atoms with Crippen LogP contribution in [-0.4, -0.2) is 46.9 Å². The van der Waals surface area contributed by atoms with Crippen molar-refractivity contribution in [2.75, 3.05) is 26.2 Å². The van der Waals surface area contributed by atoms with Crippen LogP contribution in [-0.2, 0) is 11.3 Å². The Hall–Kier alpha value is -0.940. The third-order valence-corrected chi connectivity index (χ3v) is 4.75. The minimum Gasteiger partial charge on any atom is -0.340 e. The fourth-order valence-electron chi connectivity index (χ4n) is 2.76. The van der Waals surface area contributed by atoms with Crippen LogP contribution < -0.4 is 0 Å². The van der Waals surface area contributed by atoms with Gasteiger partial charge < -0.3 is 4.90 Å². The van der Waals surface area contributed by atoms with E-state index in [4.69, 9.17) is 0 Å². The molecule has 1 amide bonds. The molecule has 2 unspecified atom stereocenters. The van der Waals surface area contributed by atoms with Gasteiger partial charge in [-0.1, -0.05) is 6.92 Å². The Morgan fingerprint density at radius 1 is 1.35 bits per heavy atom. The number of amides is 1. The number of pyridine rings is 1. The Kier molecular flexibility index (Phi) is 4.08. The van der Waals surface area contributed by atoms with E-state index in [-0.39, 0.29) is 0 Å². The number of rotatable bonds is 3. The number of carbonyl (C=O) groups excluding carboxylic acids is 1. The summed E-state index contributed by atoms with van der Waals surface area (Å²) in [5.41, 5.74) is 1.09. The molecule has 0 spiro atoms. The van der Waals surface area contributed by atoms with Crippen LogP contribution in [0.5, 0.6) is 0 Å². The van der Waals surface area contributed by atoms with Crippen LogP contribution in [0, 0.1) is 11.8 Å². The van der Waals surface area contributed by atoms with Crippen molar-refractivity contribution in [1.29, 1.82) is 0 Å². The van der Waals surface area contributed by atoms with Crippen LogP contribution in [0.25, 0.3) is 0 Å². The zero-order valence-electron chi connectivity index (χ0n) is 11.8. The van der Waals surface area contributed by atoms with Gasteiger partial charge in [-0.3, -0.25) is 14.7 Å². The second-order valence-corrected chi connectivity index (χ2v) is 6.80. The molecule has 1 aliphatic carbocycles. The van der Waals surface area contributed by atoms with Crippen molar-refractivity contribution in [2.45, 2.75) is 19.9 Å². The van der Waals surface area contributed by atoms with Crippen molar-refractivity contribution in [3.63, 3.8) is 0 Å². The van der Waals surface area contributed by atoms with Gasteiger partial charge in [0, 0.05) is 49.3 Å². The van der Waals surface area contributed by atoms with Gasteiger partial charge in [-0.25, -0.2) is 0 Å². The highest BCUT2D eigenvalue weighted by molar-refractivity contribution is 9.10. The molecular formula is C15H20BrN3O. The molecule has 4 nitrogen and oxygen atoms in total. The van der Waals surface area contributed by atoms with Gasteiger partial charge >= 0.3 is 0 Å². The lowest BCUT2D eigenvalue weighted by Crippen LogP contribution is -2.48. The number of aromatic nitrogens is 1. The average molecular weight is 338 g/mol. The lowest BCUT2D eigenvalue weighted by molar-refractivity contribution is -0.134. The second-order valence-electron chi connectivity index (χ2n) is 5.89. The SMILES string of the molecule is CC1CC1C(=O)N1CCN(Cc2ccc(Br)cn2)CC1. The molecule has 5 heteroatoms. The molecule has 1 aliphatic heterocycles. The zero-order chi connectivity index (χ0) is 14.1. The van der Waals surface area contributed by atoms with Crippen LogP contribution in [0.4, 0.5) is 0 Å². The molecule has 2 atom stereocenters. The predicted octanol–water partition coefficient (Wildman–Crippen LogP) is 2.14. The molecule has 2 aliphatic rings. The summed E-state index contributed by atoms with van der Waals surface area (Å²) in [6, 6.07) is 4.07. The van der Waals surface area contributed by atoms with Crippen LogP contribution in [0.2, 0.25) is 0 Å². The molecule has 2 fully saturated rings. The van der Waals surface area contributed by atoms with Gasteiger partial charge in [0.1, 0.15) is 0 Å². The first-order valence-electron chi connectivity index (χ1n) is 7.25. The van der Waals surface area contributed by atoms with Crippen LogP contribution in [0.15, 0.2) is 22.8 Å². The maximum Gasteiger partial charge on any atom is 0.226 e. The Bertz CT molecular complexity index is 482. The summed E-state index contributed by atoms with van der Waals surface area (Å²) in [4.78, 5) is 21.0. The Labute approximate surface area is 128 Å². The molecule has 1 saturated heterocycles. The Balaban J connectivity index is 1.48. The minimum absolute atomic E-state index is 0.315. The highest BCUT2D eigenvalue weighted by Gasteiger charge is 2.41. The van der Waals surface area contributed by atoms with Gasteiger partial charge in [0.05, 0.1) is 5.69 Å². The third kappa shape index (κ3) is 3.20. The molecule has 0 radical (unpaired) electrons. The van der Waals surface area contributed by atoms with E-state index in [1.807, 2.05) is 23.2 Å². The maximum atomic E-state index is 12.2. The van der Waals surface area contributed by atoms with E-state index in [1.165, 1.54) is 0 Å². The summed E-state index contributed by atoms with van der Waals surface area (Å²) in [5, 5.41) is 0. The highest BCUT2D eigenvalue weighted by atomic mass is 79.9. The molecule has 108 valence electrons. The van der Waals surface area contributed by atoms with E-state index < -0.39 is 0 Å². The van der Waals surface area contributed by atoms with Crippen molar-refractivity contribution >= 4 is 21.8 Å². The molecule has 2 heterocycles. The van der Waals surface area contributed by atoms with Gasteiger partial charge in [-0.05, 0) is 40.4 Å². The van der Waals surface area contributed by atoms with Gasteiger partial charge in [0.2, 0.25) is 5.91 Å². The molecule has 1 aromatic heterocycles. The smallest absolute Gasteiger partial charge is 0.226 e. The summed E-state index contributed by atoms with van der Waals surface area (Å²) in [6.45, 7) is 6.65. The molecule has 1 aromatic rings. The normalized spacial score (nSPS) is 26.6. The van der Waals surface area contributed by atoms with Crippen molar-refractivity contribution in [2.24, 2.45) is 11.8 Å². The molecule has 0 bridgehead atoms. The van der Waals surface area contributed by atoms with Gasteiger partial charge in [0.25, 0.3) is 0 Å². The molecule has 1 saturated carbocycles. The first kappa shape index (κ1) is 14.0. The Morgan fingerprint density at radius 2 is 2.05 bits per heavy atom. The first-order chi connectivity index (χ1) is 9.63.